The van der Waals surface area contributed by atoms with Gasteiger partial charge in [0.25, 0.3) is 0 Å². The third kappa shape index (κ3) is 0.676. The van der Waals surface area contributed by atoms with Gasteiger partial charge in [0, 0.05) is 12.4 Å². The molecule has 0 atom stereocenters. The number of nitrogen functional groups attached to an aromatic ring is 1. The van der Waals surface area contributed by atoms with Crippen molar-refractivity contribution in [2.75, 3.05) is 5.84 Å². The lowest BCUT2D eigenvalue weighted by atomic mass is 10.7. The number of rotatable bonds is 0. The van der Waals surface area contributed by atoms with Crippen molar-refractivity contribution in [3.8, 4) is 0 Å². The van der Waals surface area contributed by atoms with Crippen molar-refractivity contribution in [1.29, 1.82) is 5.41 Å². The van der Waals surface area contributed by atoms with Gasteiger partial charge in [0.1, 0.15) is 0 Å². The van der Waals surface area contributed by atoms with Crippen LogP contribution in [0.3, 0.4) is 0 Å². The van der Waals surface area contributed by atoms with Crippen LogP contribution in [0.15, 0.2) is 18.5 Å². The van der Waals surface area contributed by atoms with Crippen molar-refractivity contribution < 1.29 is 0 Å². The van der Waals surface area contributed by atoms with Gasteiger partial charge in [-0.1, -0.05) is 0 Å². The lowest BCUT2D eigenvalue weighted by molar-refractivity contribution is 0.812. The first-order valence-electron chi connectivity index (χ1n) is 2.14. The zero-order valence-electron chi connectivity index (χ0n) is 4.20. The summed E-state index contributed by atoms with van der Waals surface area (Å²) < 4.78 is 1.14. The molecule has 0 fully saturated rings. The monoisotopic (exact) mass is 110 g/mol. The van der Waals surface area contributed by atoms with Gasteiger partial charge in [0.15, 0.2) is 0 Å². The van der Waals surface area contributed by atoms with E-state index in [1.165, 1.54) is 6.20 Å². The molecule has 0 saturated carbocycles. The highest BCUT2D eigenvalue weighted by molar-refractivity contribution is 4.78. The minimum absolute atomic E-state index is 0.0625. The van der Waals surface area contributed by atoms with E-state index in [0.717, 1.165) is 4.68 Å². The maximum Gasteiger partial charge on any atom is 0.240 e. The van der Waals surface area contributed by atoms with E-state index < -0.39 is 0 Å². The summed E-state index contributed by atoms with van der Waals surface area (Å²) in [6.07, 6.45) is 3.08. The van der Waals surface area contributed by atoms with Crippen LogP contribution in [0, 0.1) is 5.41 Å². The molecule has 0 spiro atoms. The Morgan fingerprint density at radius 1 is 1.75 bits per heavy atom. The molecule has 0 radical (unpaired) electrons. The van der Waals surface area contributed by atoms with Crippen LogP contribution in [0.25, 0.3) is 0 Å². The van der Waals surface area contributed by atoms with E-state index in [4.69, 9.17) is 11.3 Å². The lowest BCUT2D eigenvalue weighted by Crippen LogP contribution is -2.27. The molecule has 0 aliphatic carbocycles. The maximum absolute atomic E-state index is 6.95. The van der Waals surface area contributed by atoms with Crippen LogP contribution < -0.4 is 11.5 Å². The summed E-state index contributed by atoms with van der Waals surface area (Å²) in [6.45, 7) is 0. The van der Waals surface area contributed by atoms with E-state index in [1.54, 1.807) is 12.3 Å². The Hall–Kier alpha value is -1.32. The highest BCUT2D eigenvalue weighted by Gasteiger charge is 1.77. The van der Waals surface area contributed by atoms with Gasteiger partial charge in [0.05, 0.1) is 0 Å². The molecule has 0 unspecified atom stereocenters. The largest absolute Gasteiger partial charge is 0.337 e. The zero-order valence-corrected chi connectivity index (χ0v) is 4.20. The Bertz CT molecular complexity index is 225. The fourth-order valence-corrected chi connectivity index (χ4v) is 0.382. The third-order valence-corrected chi connectivity index (χ3v) is 0.774. The number of nitrogens with one attached hydrogen (secondary N) is 1. The van der Waals surface area contributed by atoms with Crippen molar-refractivity contribution in [3.63, 3.8) is 0 Å². The average molecular weight is 110 g/mol. The molecule has 3 N–H and O–H groups in total. The lowest BCUT2D eigenvalue weighted by Gasteiger charge is -1.91. The summed E-state index contributed by atoms with van der Waals surface area (Å²) in [5.74, 6) is 5.19. The molecule has 1 heterocycles. The van der Waals surface area contributed by atoms with Crippen LogP contribution in [0.1, 0.15) is 0 Å². The maximum atomic E-state index is 6.95. The molecule has 0 aliphatic rings. The van der Waals surface area contributed by atoms with Gasteiger partial charge >= 0.3 is 0 Å². The molecule has 4 heteroatoms. The summed E-state index contributed by atoms with van der Waals surface area (Å²) in [7, 11) is 0. The molecule has 0 amide bonds. The molecule has 4 nitrogen and oxygen atoms in total. The Labute approximate surface area is 46.1 Å². The molecule has 0 saturated heterocycles. The summed E-state index contributed by atoms with van der Waals surface area (Å²) >= 11 is 0. The molecule has 8 heavy (non-hydrogen) atoms. The van der Waals surface area contributed by atoms with E-state index in [2.05, 4.69) is 4.98 Å². The SMILES string of the molecule is N=c1ncccn1N. The summed E-state index contributed by atoms with van der Waals surface area (Å²) in [5, 5.41) is 6.95. The van der Waals surface area contributed by atoms with Crippen molar-refractivity contribution >= 4 is 0 Å². The van der Waals surface area contributed by atoms with Crippen LogP contribution in [0.5, 0.6) is 0 Å². The smallest absolute Gasteiger partial charge is 0.240 e. The summed E-state index contributed by atoms with van der Waals surface area (Å²) in [5.41, 5.74) is 0.0625. The highest BCUT2D eigenvalue weighted by Crippen LogP contribution is 1.65. The fourth-order valence-electron chi connectivity index (χ4n) is 0.382. The van der Waals surface area contributed by atoms with Gasteiger partial charge in [0.2, 0.25) is 5.62 Å². The van der Waals surface area contributed by atoms with Crippen LogP contribution in [-0.4, -0.2) is 9.66 Å². The number of nitrogens with two attached hydrogens (primary N) is 1. The van der Waals surface area contributed by atoms with Gasteiger partial charge in [-0.15, -0.1) is 0 Å². The average Bonchev–Trinajstić information content (AvgIpc) is 1.77. The van der Waals surface area contributed by atoms with Gasteiger partial charge in [-0.2, -0.15) is 0 Å². The molecular formula is C4H6N4. The van der Waals surface area contributed by atoms with Crippen LogP contribution >= 0.6 is 0 Å². The van der Waals surface area contributed by atoms with Crippen molar-refractivity contribution in [3.05, 3.63) is 24.1 Å². The summed E-state index contributed by atoms with van der Waals surface area (Å²) in [6, 6.07) is 1.66. The van der Waals surface area contributed by atoms with Crippen molar-refractivity contribution in [2.24, 2.45) is 0 Å². The Balaban J connectivity index is 3.35. The molecule has 0 aromatic carbocycles. The quantitative estimate of drug-likeness (QED) is 0.424. The van der Waals surface area contributed by atoms with E-state index in [0.29, 0.717) is 0 Å². The van der Waals surface area contributed by atoms with Crippen molar-refractivity contribution in [2.45, 2.75) is 0 Å². The second-order valence-electron chi connectivity index (χ2n) is 1.35. The Morgan fingerprint density at radius 2 is 2.50 bits per heavy atom. The van der Waals surface area contributed by atoms with E-state index in [-0.39, 0.29) is 5.62 Å². The fraction of sp³-hybridized carbons (Fsp3) is 0. The van der Waals surface area contributed by atoms with Gasteiger partial charge in [-0.3, -0.25) is 5.41 Å². The van der Waals surface area contributed by atoms with Gasteiger partial charge in [-0.25, -0.2) is 9.66 Å². The number of hydrogen-bond acceptors (Lipinski definition) is 3. The molecule has 1 aromatic heterocycles. The molecule has 0 bridgehead atoms. The second-order valence-corrected chi connectivity index (χ2v) is 1.35. The van der Waals surface area contributed by atoms with E-state index in [9.17, 15) is 0 Å². The van der Waals surface area contributed by atoms with E-state index >= 15 is 0 Å². The molecule has 0 aliphatic heterocycles. The Morgan fingerprint density at radius 3 is 2.88 bits per heavy atom. The predicted octanol–water partition coefficient (Wildman–Crippen LogP) is -0.924. The normalized spacial score (nSPS) is 9.00. The van der Waals surface area contributed by atoms with Crippen molar-refractivity contribution in [1.82, 2.24) is 9.66 Å². The van der Waals surface area contributed by atoms with E-state index in [1.807, 2.05) is 0 Å². The zero-order chi connectivity index (χ0) is 5.98. The standard InChI is InChI=1S/C4H6N4/c5-4-7-2-1-3-8(4)6/h1-3,5H,6H2. The predicted molar refractivity (Wildman–Crippen MR) is 28.2 cm³/mol. The van der Waals surface area contributed by atoms with Crippen LogP contribution in [0.4, 0.5) is 0 Å². The van der Waals surface area contributed by atoms with Crippen LogP contribution in [-0.2, 0) is 0 Å². The molecular weight excluding hydrogens is 104 g/mol. The Kier molecular flexibility index (Phi) is 0.997. The number of aromatic nitrogens is 2. The van der Waals surface area contributed by atoms with Gasteiger partial charge in [-0.05, 0) is 6.07 Å². The molecule has 1 rings (SSSR count). The third-order valence-electron chi connectivity index (χ3n) is 0.774. The topological polar surface area (TPSA) is 67.7 Å². The summed E-state index contributed by atoms with van der Waals surface area (Å²) in [4.78, 5) is 3.58. The second kappa shape index (κ2) is 1.65. The first-order chi connectivity index (χ1) is 3.80. The molecule has 1 aromatic rings. The first-order valence-corrected chi connectivity index (χ1v) is 2.14. The minimum atomic E-state index is 0.0625. The van der Waals surface area contributed by atoms with Gasteiger partial charge < -0.3 is 5.84 Å². The van der Waals surface area contributed by atoms with Crippen LogP contribution in [0.2, 0.25) is 0 Å². The molecule has 42 valence electrons. The number of hydrogen-bond donors (Lipinski definition) is 2. The first kappa shape index (κ1) is 4.83. The highest BCUT2D eigenvalue weighted by atomic mass is 15.3. The number of nitrogens with zero attached hydrogens (tertiary/aromatic N) is 2. The minimum Gasteiger partial charge on any atom is -0.337 e.